The first-order chi connectivity index (χ1) is 12.3. The number of phenols is 1. The van der Waals surface area contributed by atoms with Gasteiger partial charge in [-0.1, -0.05) is 24.3 Å². The van der Waals surface area contributed by atoms with E-state index in [4.69, 9.17) is 14.6 Å². The molecule has 0 radical (unpaired) electrons. The lowest BCUT2D eigenvalue weighted by Crippen LogP contribution is -2.20. The van der Waals surface area contributed by atoms with Crippen LogP contribution in [-0.2, 0) is 16.0 Å². The number of esters is 1. The number of rotatable bonds is 4. The van der Waals surface area contributed by atoms with Gasteiger partial charge in [0.05, 0.1) is 12.8 Å². The summed E-state index contributed by atoms with van der Waals surface area (Å²) in [5.41, 5.74) is 1.40. The number of carbonyl (C=O) groups excluding carboxylic acids is 2. The molecule has 2 aromatic carbocycles. The molecule has 1 aliphatic rings. The number of carboxylic acids is 1. The Kier molecular flexibility index (Phi) is 4.62. The van der Waals surface area contributed by atoms with E-state index in [-0.39, 0.29) is 41.4 Å². The van der Waals surface area contributed by atoms with Crippen LogP contribution in [0.1, 0.15) is 40.9 Å². The lowest BCUT2D eigenvalue weighted by atomic mass is 9.95. The van der Waals surface area contributed by atoms with Crippen molar-refractivity contribution >= 4 is 17.7 Å². The van der Waals surface area contributed by atoms with Crippen molar-refractivity contribution in [3.63, 3.8) is 0 Å². The van der Waals surface area contributed by atoms with Crippen LogP contribution < -0.4 is 9.47 Å². The SMILES string of the molecule is CC(=O)Oc1cc(O)c2c(c1)OC(c1ccc(CC(=O)O)cc1)CC2=O. The Morgan fingerprint density at radius 3 is 2.54 bits per heavy atom. The van der Waals surface area contributed by atoms with Crippen LogP contribution in [0.5, 0.6) is 17.2 Å². The van der Waals surface area contributed by atoms with Gasteiger partial charge in [0.25, 0.3) is 0 Å². The summed E-state index contributed by atoms with van der Waals surface area (Å²) in [6.45, 7) is 1.23. The van der Waals surface area contributed by atoms with Crippen LogP contribution in [0.3, 0.4) is 0 Å². The third kappa shape index (κ3) is 3.66. The van der Waals surface area contributed by atoms with E-state index in [2.05, 4.69) is 0 Å². The van der Waals surface area contributed by atoms with Crippen molar-refractivity contribution in [2.75, 3.05) is 0 Å². The number of ketones is 1. The highest BCUT2D eigenvalue weighted by molar-refractivity contribution is 6.02. The molecule has 0 saturated carbocycles. The maximum Gasteiger partial charge on any atom is 0.308 e. The van der Waals surface area contributed by atoms with Gasteiger partial charge in [-0.15, -0.1) is 0 Å². The van der Waals surface area contributed by atoms with E-state index >= 15 is 0 Å². The molecular formula is C19H16O7. The average molecular weight is 356 g/mol. The number of hydrogen-bond donors (Lipinski definition) is 2. The highest BCUT2D eigenvalue weighted by Crippen LogP contribution is 2.41. The summed E-state index contributed by atoms with van der Waals surface area (Å²) in [7, 11) is 0. The molecule has 3 rings (SSSR count). The van der Waals surface area contributed by atoms with E-state index in [1.807, 2.05) is 0 Å². The van der Waals surface area contributed by atoms with Gasteiger partial charge in [-0.05, 0) is 11.1 Å². The molecule has 7 nitrogen and oxygen atoms in total. The second-order valence-corrected chi connectivity index (χ2v) is 5.96. The highest BCUT2D eigenvalue weighted by atomic mass is 16.5. The van der Waals surface area contributed by atoms with Gasteiger partial charge in [-0.25, -0.2) is 0 Å². The van der Waals surface area contributed by atoms with Crippen molar-refractivity contribution in [2.24, 2.45) is 0 Å². The second kappa shape index (κ2) is 6.87. The first-order valence-electron chi connectivity index (χ1n) is 7.89. The van der Waals surface area contributed by atoms with Crippen molar-refractivity contribution in [1.29, 1.82) is 0 Å². The topological polar surface area (TPSA) is 110 Å². The molecule has 0 amide bonds. The van der Waals surface area contributed by atoms with Crippen LogP contribution in [-0.4, -0.2) is 27.9 Å². The van der Waals surface area contributed by atoms with Gasteiger partial charge >= 0.3 is 11.9 Å². The van der Waals surface area contributed by atoms with Gasteiger partial charge in [0.2, 0.25) is 0 Å². The Bertz CT molecular complexity index is 884. The molecule has 134 valence electrons. The third-order valence-electron chi connectivity index (χ3n) is 3.94. The average Bonchev–Trinajstić information content (AvgIpc) is 2.53. The van der Waals surface area contributed by atoms with Crippen LogP contribution >= 0.6 is 0 Å². The summed E-state index contributed by atoms with van der Waals surface area (Å²) in [5, 5.41) is 18.9. The molecule has 2 N–H and O–H groups in total. The standard InChI is InChI=1S/C19H16O7/c1-10(20)25-13-7-14(21)19-15(22)9-16(26-17(19)8-13)12-4-2-11(3-5-12)6-18(23)24/h2-5,7-8,16,21H,6,9H2,1H3,(H,23,24). The second-order valence-electron chi connectivity index (χ2n) is 5.96. The van der Waals surface area contributed by atoms with Gasteiger partial charge in [-0.2, -0.15) is 0 Å². The van der Waals surface area contributed by atoms with Crippen molar-refractivity contribution in [3.8, 4) is 17.2 Å². The molecule has 1 atom stereocenters. The molecule has 1 aliphatic heterocycles. The number of hydrogen-bond acceptors (Lipinski definition) is 6. The molecule has 0 saturated heterocycles. The normalized spacial score (nSPS) is 15.7. The van der Waals surface area contributed by atoms with E-state index < -0.39 is 18.0 Å². The zero-order chi connectivity index (χ0) is 18.8. The van der Waals surface area contributed by atoms with E-state index in [1.54, 1.807) is 24.3 Å². The van der Waals surface area contributed by atoms with Gasteiger partial charge in [0, 0.05) is 19.1 Å². The van der Waals surface area contributed by atoms with Gasteiger partial charge in [0.1, 0.15) is 28.9 Å². The minimum atomic E-state index is -0.927. The molecule has 0 aromatic heterocycles. The summed E-state index contributed by atoms with van der Waals surface area (Å²) in [6, 6.07) is 9.33. The summed E-state index contributed by atoms with van der Waals surface area (Å²) in [6.07, 6.45) is -0.639. The Labute approximate surface area is 148 Å². The van der Waals surface area contributed by atoms with Crippen molar-refractivity contribution < 1.29 is 34.1 Å². The van der Waals surface area contributed by atoms with Gasteiger partial charge < -0.3 is 19.7 Å². The van der Waals surface area contributed by atoms with E-state index in [0.29, 0.717) is 11.1 Å². The van der Waals surface area contributed by atoms with Crippen LogP contribution in [0.2, 0.25) is 0 Å². The summed E-state index contributed by atoms with van der Waals surface area (Å²) in [5.74, 6) is -1.87. The van der Waals surface area contributed by atoms with Crippen molar-refractivity contribution in [2.45, 2.75) is 25.9 Å². The van der Waals surface area contributed by atoms with Crippen LogP contribution in [0.15, 0.2) is 36.4 Å². The number of aliphatic carboxylic acids is 1. The number of phenolic OH excluding ortho intramolecular Hbond substituents is 1. The minimum absolute atomic E-state index is 0.0335. The van der Waals surface area contributed by atoms with Crippen LogP contribution in [0.25, 0.3) is 0 Å². The maximum atomic E-state index is 12.4. The largest absolute Gasteiger partial charge is 0.507 e. The third-order valence-corrected chi connectivity index (χ3v) is 3.94. The molecular weight excluding hydrogens is 340 g/mol. The monoisotopic (exact) mass is 356 g/mol. The number of Topliss-reactive ketones (excluding diaryl/α,β-unsaturated/α-hetero) is 1. The fourth-order valence-electron chi connectivity index (χ4n) is 2.85. The molecule has 26 heavy (non-hydrogen) atoms. The molecule has 0 fully saturated rings. The van der Waals surface area contributed by atoms with Crippen molar-refractivity contribution in [3.05, 3.63) is 53.1 Å². The highest BCUT2D eigenvalue weighted by Gasteiger charge is 2.31. The minimum Gasteiger partial charge on any atom is -0.507 e. The van der Waals surface area contributed by atoms with Gasteiger partial charge in [-0.3, -0.25) is 14.4 Å². The zero-order valence-electron chi connectivity index (χ0n) is 13.9. The number of aromatic hydroxyl groups is 1. The fraction of sp³-hybridized carbons (Fsp3) is 0.211. The number of carboxylic acid groups (broad SMARTS) is 1. The number of ether oxygens (including phenoxy) is 2. The lowest BCUT2D eigenvalue weighted by molar-refractivity contribution is -0.136. The number of benzene rings is 2. The molecule has 1 unspecified atom stereocenters. The first kappa shape index (κ1) is 17.5. The molecule has 7 heteroatoms. The Morgan fingerprint density at radius 2 is 1.92 bits per heavy atom. The summed E-state index contributed by atoms with van der Waals surface area (Å²) >= 11 is 0. The molecule has 0 bridgehead atoms. The van der Waals surface area contributed by atoms with Crippen LogP contribution in [0.4, 0.5) is 0 Å². The molecule has 2 aromatic rings. The fourth-order valence-corrected chi connectivity index (χ4v) is 2.85. The van der Waals surface area contributed by atoms with E-state index in [9.17, 15) is 19.5 Å². The van der Waals surface area contributed by atoms with E-state index in [1.165, 1.54) is 19.1 Å². The predicted molar refractivity (Wildman–Crippen MR) is 89.5 cm³/mol. The predicted octanol–water partition coefficient (Wildman–Crippen LogP) is 2.65. The van der Waals surface area contributed by atoms with Gasteiger partial charge in [0.15, 0.2) is 5.78 Å². The zero-order valence-corrected chi connectivity index (χ0v) is 13.9. The Hall–Kier alpha value is -3.35. The molecule has 1 heterocycles. The smallest absolute Gasteiger partial charge is 0.308 e. The summed E-state index contributed by atoms with van der Waals surface area (Å²) < 4.78 is 10.8. The maximum absolute atomic E-state index is 12.4. The lowest BCUT2D eigenvalue weighted by Gasteiger charge is -2.26. The Morgan fingerprint density at radius 1 is 1.23 bits per heavy atom. The quantitative estimate of drug-likeness (QED) is 0.640. The number of fused-ring (bicyclic) bond motifs is 1. The number of carbonyl (C=O) groups is 3. The van der Waals surface area contributed by atoms with E-state index in [0.717, 1.165) is 0 Å². The summed E-state index contributed by atoms with van der Waals surface area (Å²) in [4.78, 5) is 34.3. The Balaban J connectivity index is 1.88. The first-order valence-corrected chi connectivity index (χ1v) is 7.89. The molecule has 0 aliphatic carbocycles. The van der Waals surface area contributed by atoms with Crippen LogP contribution in [0, 0.1) is 0 Å². The molecule has 0 spiro atoms. The van der Waals surface area contributed by atoms with Crippen molar-refractivity contribution in [1.82, 2.24) is 0 Å².